The second-order valence-corrected chi connectivity index (χ2v) is 12.5. The van der Waals surface area contributed by atoms with Crippen LogP contribution < -0.4 is 21.3 Å². The molecule has 0 aliphatic heterocycles. The SMILES string of the molecule is Br.c1ccc(CN[C@@H]2CCCC[C@H]2NCc2ccccc2)cc1.c1ccc(CN[C@@H]2CCCC[C@H]2NCc2ccccc2)cc1. The number of halogens is 1. The molecule has 4 aromatic carbocycles. The van der Waals surface area contributed by atoms with Crippen LogP contribution in [-0.4, -0.2) is 24.2 Å². The van der Waals surface area contributed by atoms with Gasteiger partial charge >= 0.3 is 0 Å². The van der Waals surface area contributed by atoms with E-state index in [1.807, 2.05) is 0 Å². The van der Waals surface area contributed by atoms with Crippen LogP contribution in [0.3, 0.4) is 0 Å². The van der Waals surface area contributed by atoms with Crippen molar-refractivity contribution in [2.24, 2.45) is 0 Å². The molecule has 0 radical (unpaired) electrons. The summed E-state index contributed by atoms with van der Waals surface area (Å²) in [7, 11) is 0. The van der Waals surface area contributed by atoms with E-state index in [1.54, 1.807) is 0 Å². The molecule has 45 heavy (non-hydrogen) atoms. The number of benzene rings is 4. The molecule has 0 saturated heterocycles. The van der Waals surface area contributed by atoms with Crippen LogP contribution >= 0.6 is 17.0 Å². The topological polar surface area (TPSA) is 48.1 Å². The van der Waals surface area contributed by atoms with Crippen LogP contribution in [0.1, 0.15) is 73.6 Å². The molecule has 2 fully saturated rings. The predicted molar refractivity (Wildman–Crippen MR) is 196 cm³/mol. The van der Waals surface area contributed by atoms with Crippen molar-refractivity contribution in [3.8, 4) is 0 Å². The zero-order valence-corrected chi connectivity index (χ0v) is 28.5. The summed E-state index contributed by atoms with van der Waals surface area (Å²) < 4.78 is 0. The maximum absolute atomic E-state index is 3.76. The molecule has 4 N–H and O–H groups in total. The first kappa shape index (κ1) is 35.1. The maximum atomic E-state index is 3.76. The van der Waals surface area contributed by atoms with Crippen molar-refractivity contribution in [1.29, 1.82) is 0 Å². The average molecular weight is 670 g/mol. The van der Waals surface area contributed by atoms with E-state index >= 15 is 0 Å². The molecule has 240 valence electrons. The van der Waals surface area contributed by atoms with Crippen LogP contribution in [0.5, 0.6) is 0 Å². The Balaban J connectivity index is 0.000000200. The van der Waals surface area contributed by atoms with Gasteiger partial charge in [-0.15, -0.1) is 17.0 Å². The lowest BCUT2D eigenvalue weighted by Gasteiger charge is -2.33. The summed E-state index contributed by atoms with van der Waals surface area (Å²) in [5, 5.41) is 15.0. The van der Waals surface area contributed by atoms with E-state index in [9.17, 15) is 0 Å². The zero-order chi connectivity index (χ0) is 30.1. The summed E-state index contributed by atoms with van der Waals surface area (Å²) in [4.78, 5) is 0. The Labute approximate surface area is 282 Å². The lowest BCUT2D eigenvalue weighted by Crippen LogP contribution is -2.49. The summed E-state index contributed by atoms with van der Waals surface area (Å²) in [5.74, 6) is 0. The zero-order valence-electron chi connectivity index (χ0n) is 26.7. The second-order valence-electron chi connectivity index (χ2n) is 12.5. The minimum absolute atomic E-state index is 0. The highest BCUT2D eigenvalue weighted by Gasteiger charge is 2.25. The third-order valence-corrected chi connectivity index (χ3v) is 9.18. The van der Waals surface area contributed by atoms with Gasteiger partial charge in [0.2, 0.25) is 0 Å². The molecular weight excluding hydrogens is 616 g/mol. The fourth-order valence-corrected chi connectivity index (χ4v) is 6.62. The van der Waals surface area contributed by atoms with Gasteiger partial charge in [0, 0.05) is 50.3 Å². The second kappa shape index (κ2) is 20.3. The molecule has 0 heterocycles. The molecular formula is C40H53BrN4. The summed E-state index contributed by atoms with van der Waals surface area (Å²) in [6, 6.07) is 45.1. The maximum Gasteiger partial charge on any atom is 0.0224 e. The summed E-state index contributed by atoms with van der Waals surface area (Å²) in [6.45, 7) is 3.87. The molecule has 0 spiro atoms. The van der Waals surface area contributed by atoms with Crippen LogP contribution in [-0.2, 0) is 26.2 Å². The van der Waals surface area contributed by atoms with Crippen molar-refractivity contribution in [2.75, 3.05) is 0 Å². The van der Waals surface area contributed by atoms with Crippen molar-refractivity contribution in [3.05, 3.63) is 144 Å². The number of rotatable bonds is 12. The van der Waals surface area contributed by atoms with Crippen molar-refractivity contribution < 1.29 is 0 Å². The Morgan fingerprint density at radius 2 is 0.533 bits per heavy atom. The minimum Gasteiger partial charge on any atom is -0.308 e. The van der Waals surface area contributed by atoms with Gasteiger partial charge in [0.05, 0.1) is 0 Å². The molecule has 5 heteroatoms. The first-order chi connectivity index (χ1) is 21.8. The van der Waals surface area contributed by atoms with Crippen molar-refractivity contribution in [2.45, 2.75) is 102 Å². The van der Waals surface area contributed by atoms with Gasteiger partial charge in [-0.25, -0.2) is 0 Å². The predicted octanol–water partition coefficient (Wildman–Crippen LogP) is 8.33. The van der Waals surface area contributed by atoms with E-state index in [4.69, 9.17) is 0 Å². The molecule has 4 nitrogen and oxygen atoms in total. The van der Waals surface area contributed by atoms with Crippen LogP contribution in [0.4, 0.5) is 0 Å². The molecule has 4 aromatic rings. The molecule has 0 aromatic heterocycles. The number of hydrogen-bond donors (Lipinski definition) is 4. The molecule has 2 saturated carbocycles. The monoisotopic (exact) mass is 668 g/mol. The van der Waals surface area contributed by atoms with E-state index in [-0.39, 0.29) is 17.0 Å². The smallest absolute Gasteiger partial charge is 0.0224 e. The number of nitrogens with one attached hydrogen (secondary N) is 4. The average Bonchev–Trinajstić information content (AvgIpc) is 3.11. The van der Waals surface area contributed by atoms with Gasteiger partial charge in [0.15, 0.2) is 0 Å². The highest BCUT2D eigenvalue weighted by atomic mass is 79.9. The Hall–Kier alpha value is -2.80. The summed E-state index contributed by atoms with van der Waals surface area (Å²) in [6.07, 6.45) is 10.5. The van der Waals surface area contributed by atoms with Crippen LogP contribution in [0, 0.1) is 0 Å². The first-order valence-electron chi connectivity index (χ1n) is 16.9. The lowest BCUT2D eigenvalue weighted by atomic mass is 9.90. The van der Waals surface area contributed by atoms with Gasteiger partial charge in [-0.05, 0) is 47.9 Å². The quantitative estimate of drug-likeness (QED) is 0.123. The van der Waals surface area contributed by atoms with Gasteiger partial charge in [-0.1, -0.05) is 147 Å². The largest absolute Gasteiger partial charge is 0.308 e. The highest BCUT2D eigenvalue weighted by molar-refractivity contribution is 8.93. The normalized spacial score (nSPS) is 21.2. The van der Waals surface area contributed by atoms with Crippen LogP contribution in [0.15, 0.2) is 121 Å². The molecule has 0 unspecified atom stereocenters. The fraction of sp³-hybridized carbons (Fsp3) is 0.400. The van der Waals surface area contributed by atoms with Crippen molar-refractivity contribution >= 4 is 17.0 Å². The first-order valence-corrected chi connectivity index (χ1v) is 16.9. The standard InChI is InChI=1S/2C20H26N2.BrH/c2*1-3-9-17(10-4-1)15-21-19-13-7-8-14-20(19)22-16-18-11-5-2-6-12-18;/h2*1-6,9-12,19-22H,7-8,13-16H2;1H/t2*19-,20-;/m11./s1. The molecule has 0 amide bonds. The van der Waals surface area contributed by atoms with Gasteiger partial charge in [0.1, 0.15) is 0 Å². The van der Waals surface area contributed by atoms with E-state index < -0.39 is 0 Å². The van der Waals surface area contributed by atoms with Crippen molar-refractivity contribution in [1.82, 2.24) is 21.3 Å². The Morgan fingerprint density at radius 3 is 0.733 bits per heavy atom. The summed E-state index contributed by atoms with van der Waals surface area (Å²) in [5.41, 5.74) is 5.48. The van der Waals surface area contributed by atoms with E-state index in [2.05, 4.69) is 143 Å². The van der Waals surface area contributed by atoms with Gasteiger partial charge in [-0.3, -0.25) is 0 Å². The molecule has 2 aliphatic rings. The van der Waals surface area contributed by atoms with E-state index in [0.29, 0.717) is 24.2 Å². The number of hydrogen-bond acceptors (Lipinski definition) is 4. The van der Waals surface area contributed by atoms with Crippen LogP contribution in [0.2, 0.25) is 0 Å². The molecule has 4 atom stereocenters. The molecule has 2 aliphatic carbocycles. The Morgan fingerprint density at radius 1 is 0.333 bits per heavy atom. The molecule has 6 rings (SSSR count). The van der Waals surface area contributed by atoms with Gasteiger partial charge < -0.3 is 21.3 Å². The van der Waals surface area contributed by atoms with E-state index in [1.165, 1.54) is 73.6 Å². The van der Waals surface area contributed by atoms with E-state index in [0.717, 1.165) is 26.2 Å². The Bertz CT molecular complexity index is 1080. The third kappa shape index (κ3) is 12.5. The lowest BCUT2D eigenvalue weighted by molar-refractivity contribution is 0.281. The molecule has 0 bridgehead atoms. The van der Waals surface area contributed by atoms with Gasteiger partial charge in [0.25, 0.3) is 0 Å². The fourth-order valence-electron chi connectivity index (χ4n) is 6.62. The third-order valence-electron chi connectivity index (χ3n) is 9.18. The van der Waals surface area contributed by atoms with Crippen molar-refractivity contribution in [3.63, 3.8) is 0 Å². The Kier molecular flexibility index (Phi) is 15.9. The summed E-state index contributed by atoms with van der Waals surface area (Å²) >= 11 is 0. The van der Waals surface area contributed by atoms with Crippen LogP contribution in [0.25, 0.3) is 0 Å². The minimum atomic E-state index is 0. The van der Waals surface area contributed by atoms with Gasteiger partial charge in [-0.2, -0.15) is 0 Å². The highest BCUT2D eigenvalue weighted by Crippen LogP contribution is 2.21.